The highest BCUT2D eigenvalue weighted by atomic mass is 32.3. The average Bonchev–Trinajstić information content (AvgIpc) is 2.01. The molecule has 0 aliphatic rings. The second-order valence-corrected chi connectivity index (χ2v) is 4.10. The van der Waals surface area contributed by atoms with E-state index >= 15 is 0 Å². The summed E-state index contributed by atoms with van der Waals surface area (Å²) in [5.74, 6) is -0.347. The standard InChI is InChI=1S/C4H10O3.2H2O4S/c5-1-4(2-6)3-7;2*1-5(2,3)4/h4-7H,1-3H2;2*(H2,1,2,3,4). The third-order valence-corrected chi connectivity index (χ3v) is 0.775. The van der Waals surface area contributed by atoms with Gasteiger partial charge in [-0.05, 0) is 0 Å². The fourth-order valence-corrected chi connectivity index (χ4v) is 0.173. The van der Waals surface area contributed by atoms with E-state index in [4.69, 9.17) is 50.4 Å². The lowest BCUT2D eigenvalue weighted by Gasteiger charge is -2.02. The van der Waals surface area contributed by atoms with E-state index in [9.17, 15) is 0 Å². The predicted octanol–water partition coefficient (Wildman–Crippen LogP) is -2.73. The molecule has 17 heavy (non-hydrogen) atoms. The maximum atomic E-state index is 8.74. The molecule has 0 bridgehead atoms. The van der Waals surface area contributed by atoms with Crippen molar-refractivity contribution < 1.29 is 50.4 Å². The average molecular weight is 302 g/mol. The van der Waals surface area contributed by atoms with Crippen molar-refractivity contribution in [1.29, 1.82) is 0 Å². The molecule has 0 saturated heterocycles. The molecule has 7 N–H and O–H groups in total. The van der Waals surface area contributed by atoms with Crippen LogP contribution in [0.1, 0.15) is 0 Å². The topological polar surface area (TPSA) is 210 Å². The molecule has 0 saturated carbocycles. The summed E-state index contributed by atoms with van der Waals surface area (Å²) in [4.78, 5) is 0. The van der Waals surface area contributed by atoms with Crippen molar-refractivity contribution in [2.45, 2.75) is 0 Å². The Bertz CT molecular complexity index is 286. The van der Waals surface area contributed by atoms with Crippen molar-refractivity contribution >= 4 is 20.8 Å². The highest BCUT2D eigenvalue weighted by Crippen LogP contribution is 1.87. The van der Waals surface area contributed by atoms with Gasteiger partial charge in [-0.3, -0.25) is 18.2 Å². The van der Waals surface area contributed by atoms with Gasteiger partial charge in [-0.1, -0.05) is 0 Å². The summed E-state index contributed by atoms with van der Waals surface area (Å²) < 4.78 is 63.2. The molecular weight excluding hydrogens is 288 g/mol. The summed E-state index contributed by atoms with van der Waals surface area (Å²) in [6.45, 7) is -0.437. The van der Waals surface area contributed by atoms with Crippen molar-refractivity contribution in [2.75, 3.05) is 19.8 Å². The molecule has 0 atom stereocenters. The van der Waals surface area contributed by atoms with Crippen LogP contribution in [0, 0.1) is 5.92 Å². The van der Waals surface area contributed by atoms with Crippen LogP contribution in [0.25, 0.3) is 0 Å². The first-order valence-electron chi connectivity index (χ1n) is 3.57. The minimum absolute atomic E-state index is 0.146. The lowest BCUT2D eigenvalue weighted by atomic mass is 10.2. The lowest BCUT2D eigenvalue weighted by molar-refractivity contribution is 0.0969. The van der Waals surface area contributed by atoms with Gasteiger partial charge in [0.2, 0.25) is 0 Å². The van der Waals surface area contributed by atoms with E-state index in [-0.39, 0.29) is 25.7 Å². The van der Waals surface area contributed by atoms with Gasteiger partial charge < -0.3 is 15.3 Å². The van der Waals surface area contributed by atoms with Crippen LogP contribution in [-0.2, 0) is 20.8 Å². The fraction of sp³-hybridized carbons (Fsp3) is 1.00. The summed E-state index contributed by atoms with van der Waals surface area (Å²) in [7, 11) is -9.33. The summed E-state index contributed by atoms with van der Waals surface area (Å²) in [5.41, 5.74) is 0. The molecule has 0 fully saturated rings. The van der Waals surface area contributed by atoms with Crippen molar-refractivity contribution in [1.82, 2.24) is 0 Å². The van der Waals surface area contributed by atoms with Crippen molar-refractivity contribution in [2.24, 2.45) is 5.92 Å². The normalized spacial score (nSPS) is 11.1. The molecule has 0 aromatic heterocycles. The van der Waals surface area contributed by atoms with E-state index in [2.05, 4.69) is 0 Å². The largest absolute Gasteiger partial charge is 0.396 e. The number of hydrogen-bond donors (Lipinski definition) is 7. The van der Waals surface area contributed by atoms with Crippen LogP contribution >= 0.6 is 0 Å². The van der Waals surface area contributed by atoms with Gasteiger partial charge in [0.15, 0.2) is 0 Å². The van der Waals surface area contributed by atoms with Gasteiger partial charge in [0, 0.05) is 5.92 Å². The van der Waals surface area contributed by atoms with E-state index in [0.717, 1.165) is 0 Å². The Balaban J connectivity index is -0.000000177. The Morgan fingerprint density at radius 2 is 0.765 bits per heavy atom. The summed E-state index contributed by atoms with van der Waals surface area (Å²) >= 11 is 0. The zero-order valence-electron chi connectivity index (χ0n) is 8.28. The van der Waals surface area contributed by atoms with Crippen LogP contribution in [0.2, 0.25) is 0 Å². The van der Waals surface area contributed by atoms with Gasteiger partial charge in [-0.2, -0.15) is 16.8 Å². The Morgan fingerprint density at radius 1 is 0.647 bits per heavy atom. The van der Waals surface area contributed by atoms with E-state index < -0.39 is 20.8 Å². The molecule has 13 heteroatoms. The molecule has 0 rings (SSSR count). The third kappa shape index (κ3) is 91.7. The monoisotopic (exact) mass is 302 g/mol. The van der Waals surface area contributed by atoms with Crippen molar-refractivity contribution in [3.8, 4) is 0 Å². The van der Waals surface area contributed by atoms with Crippen LogP contribution in [0.5, 0.6) is 0 Å². The molecule has 0 radical (unpaired) electrons. The Hall–Kier alpha value is -0.380. The Kier molecular flexibility index (Phi) is 13.8. The number of aliphatic hydroxyl groups is 3. The zero-order chi connectivity index (χ0) is 14.7. The van der Waals surface area contributed by atoms with Crippen molar-refractivity contribution in [3.63, 3.8) is 0 Å². The molecule has 0 spiro atoms. The van der Waals surface area contributed by atoms with Gasteiger partial charge in [0.1, 0.15) is 0 Å². The van der Waals surface area contributed by atoms with Crippen LogP contribution < -0.4 is 0 Å². The maximum Gasteiger partial charge on any atom is 0.394 e. The van der Waals surface area contributed by atoms with Gasteiger partial charge in [-0.25, -0.2) is 0 Å². The van der Waals surface area contributed by atoms with Gasteiger partial charge in [0.05, 0.1) is 19.8 Å². The number of aliphatic hydroxyl groups excluding tert-OH is 3. The molecule has 11 nitrogen and oxygen atoms in total. The first-order valence-corrected chi connectivity index (χ1v) is 6.36. The molecular formula is C4H14O11S2. The molecule has 0 unspecified atom stereocenters. The Labute approximate surface area is 97.5 Å². The van der Waals surface area contributed by atoms with Crippen LogP contribution in [0.3, 0.4) is 0 Å². The predicted molar refractivity (Wildman–Crippen MR) is 53.1 cm³/mol. The van der Waals surface area contributed by atoms with E-state index in [0.29, 0.717) is 0 Å². The van der Waals surface area contributed by atoms with Crippen LogP contribution in [0.4, 0.5) is 0 Å². The smallest absolute Gasteiger partial charge is 0.394 e. The van der Waals surface area contributed by atoms with Crippen LogP contribution in [-0.4, -0.2) is 70.2 Å². The van der Waals surface area contributed by atoms with Crippen LogP contribution in [0.15, 0.2) is 0 Å². The van der Waals surface area contributed by atoms with Gasteiger partial charge in [-0.15, -0.1) is 0 Å². The van der Waals surface area contributed by atoms with Gasteiger partial charge >= 0.3 is 20.8 Å². The van der Waals surface area contributed by atoms with E-state index in [1.165, 1.54) is 0 Å². The molecule has 0 aliphatic heterocycles. The minimum Gasteiger partial charge on any atom is -0.396 e. The lowest BCUT2D eigenvalue weighted by Crippen LogP contribution is -2.14. The molecule has 0 heterocycles. The fourth-order valence-electron chi connectivity index (χ4n) is 0.173. The number of hydrogen-bond acceptors (Lipinski definition) is 7. The highest BCUT2D eigenvalue weighted by molar-refractivity contribution is 7.80. The third-order valence-electron chi connectivity index (χ3n) is 0.775. The van der Waals surface area contributed by atoms with E-state index in [1.807, 2.05) is 0 Å². The maximum absolute atomic E-state index is 8.74. The second kappa shape index (κ2) is 10.8. The molecule has 108 valence electrons. The van der Waals surface area contributed by atoms with E-state index in [1.54, 1.807) is 0 Å². The Morgan fingerprint density at radius 3 is 0.765 bits per heavy atom. The molecule has 0 aromatic carbocycles. The number of rotatable bonds is 3. The zero-order valence-corrected chi connectivity index (χ0v) is 9.91. The first kappa shape index (κ1) is 21.9. The highest BCUT2D eigenvalue weighted by Gasteiger charge is 2.00. The molecule has 0 aliphatic carbocycles. The van der Waals surface area contributed by atoms with Crippen molar-refractivity contribution in [3.05, 3.63) is 0 Å². The quantitative estimate of drug-likeness (QED) is 0.266. The minimum atomic E-state index is -4.67. The summed E-state index contributed by atoms with van der Waals surface area (Å²) in [6, 6.07) is 0. The second-order valence-electron chi connectivity index (χ2n) is 2.31. The first-order chi connectivity index (χ1) is 7.35. The summed E-state index contributed by atoms with van der Waals surface area (Å²) in [6.07, 6.45) is 0. The molecule has 0 amide bonds. The summed E-state index contributed by atoms with van der Waals surface area (Å²) in [5, 5.41) is 24.6. The SMILES string of the molecule is O=S(=O)(O)O.O=S(=O)(O)O.OCC(CO)CO. The van der Waals surface area contributed by atoms with Gasteiger partial charge in [0.25, 0.3) is 0 Å². The molecule has 0 aromatic rings.